The molecule has 0 spiro atoms. The van der Waals surface area contributed by atoms with E-state index in [-0.39, 0.29) is 6.10 Å². The van der Waals surface area contributed by atoms with E-state index < -0.39 is 0 Å². The molecule has 1 aliphatic rings. The fourth-order valence-corrected chi connectivity index (χ4v) is 2.51. The topological polar surface area (TPSA) is 38.2 Å². The standard InChI is InChI=1S/C8H12BrN3OS/c1-6-4-13-7(2-9)3-12(6)8-10-5-11-14-8/h5-7H,2-4H2,1H3. The van der Waals surface area contributed by atoms with Crippen LogP contribution >= 0.6 is 27.5 Å². The van der Waals surface area contributed by atoms with Crippen molar-refractivity contribution in [3.8, 4) is 0 Å². The fraction of sp³-hybridized carbons (Fsp3) is 0.750. The number of nitrogens with zero attached hydrogens (tertiary/aromatic N) is 3. The van der Waals surface area contributed by atoms with Crippen LogP contribution in [-0.4, -0.2) is 40.0 Å². The molecule has 78 valence electrons. The first-order chi connectivity index (χ1) is 6.81. The highest BCUT2D eigenvalue weighted by Gasteiger charge is 2.27. The van der Waals surface area contributed by atoms with E-state index in [1.807, 2.05) is 0 Å². The molecule has 1 saturated heterocycles. The number of ether oxygens (including phenoxy) is 1. The average Bonchev–Trinajstić information content (AvgIpc) is 2.71. The monoisotopic (exact) mass is 277 g/mol. The van der Waals surface area contributed by atoms with Crippen LogP contribution in [0.4, 0.5) is 5.13 Å². The lowest BCUT2D eigenvalue weighted by Crippen LogP contribution is -2.49. The Hall–Kier alpha value is -0.200. The predicted octanol–water partition coefficient (Wildman–Crippen LogP) is 1.53. The zero-order valence-electron chi connectivity index (χ0n) is 7.89. The van der Waals surface area contributed by atoms with Crippen LogP contribution in [0.5, 0.6) is 0 Å². The van der Waals surface area contributed by atoms with Gasteiger partial charge in [-0.05, 0) is 6.92 Å². The number of rotatable bonds is 2. The third-order valence-electron chi connectivity index (χ3n) is 2.27. The van der Waals surface area contributed by atoms with E-state index in [4.69, 9.17) is 4.74 Å². The molecule has 0 N–H and O–H groups in total. The van der Waals surface area contributed by atoms with E-state index in [0.717, 1.165) is 23.6 Å². The first-order valence-electron chi connectivity index (χ1n) is 4.52. The molecule has 0 aliphatic carbocycles. The van der Waals surface area contributed by atoms with Gasteiger partial charge in [0.2, 0.25) is 5.13 Å². The molecule has 0 aromatic carbocycles. The summed E-state index contributed by atoms with van der Waals surface area (Å²) in [4.78, 5) is 6.48. The Kier molecular flexibility index (Phi) is 3.35. The molecule has 0 radical (unpaired) electrons. The third-order valence-corrected chi connectivity index (χ3v) is 3.70. The fourth-order valence-electron chi connectivity index (χ4n) is 1.47. The first-order valence-corrected chi connectivity index (χ1v) is 6.41. The van der Waals surface area contributed by atoms with Crippen molar-refractivity contribution in [1.29, 1.82) is 0 Å². The second-order valence-electron chi connectivity index (χ2n) is 3.33. The van der Waals surface area contributed by atoms with Gasteiger partial charge in [0.25, 0.3) is 0 Å². The highest BCUT2D eigenvalue weighted by molar-refractivity contribution is 9.09. The molecule has 14 heavy (non-hydrogen) atoms. The van der Waals surface area contributed by atoms with Gasteiger partial charge >= 0.3 is 0 Å². The Bertz CT molecular complexity index is 282. The molecule has 1 aromatic rings. The van der Waals surface area contributed by atoms with E-state index >= 15 is 0 Å². The minimum atomic E-state index is 0.259. The van der Waals surface area contributed by atoms with Crippen molar-refractivity contribution < 1.29 is 4.74 Å². The van der Waals surface area contributed by atoms with Crippen molar-refractivity contribution in [2.24, 2.45) is 0 Å². The molecule has 2 unspecified atom stereocenters. The number of hydrogen-bond donors (Lipinski definition) is 0. The molecule has 4 nitrogen and oxygen atoms in total. The summed E-state index contributed by atoms with van der Waals surface area (Å²) in [5.41, 5.74) is 0. The maximum Gasteiger partial charge on any atom is 0.205 e. The zero-order valence-corrected chi connectivity index (χ0v) is 10.3. The summed E-state index contributed by atoms with van der Waals surface area (Å²) in [5, 5.41) is 1.86. The summed E-state index contributed by atoms with van der Waals surface area (Å²) in [5.74, 6) is 0. The second-order valence-corrected chi connectivity index (χ2v) is 4.74. The molecule has 1 fully saturated rings. The Balaban J connectivity index is 2.09. The normalized spacial score (nSPS) is 28.0. The summed E-state index contributed by atoms with van der Waals surface area (Å²) in [6, 6.07) is 0.387. The van der Waals surface area contributed by atoms with Crippen LogP contribution in [0, 0.1) is 0 Å². The van der Waals surface area contributed by atoms with Crippen molar-refractivity contribution in [2.45, 2.75) is 19.1 Å². The third kappa shape index (κ3) is 2.07. The summed E-state index contributed by atoms with van der Waals surface area (Å²) in [6.45, 7) is 3.79. The Morgan fingerprint density at radius 1 is 1.79 bits per heavy atom. The molecule has 2 heterocycles. The molecule has 2 rings (SSSR count). The Morgan fingerprint density at radius 2 is 2.64 bits per heavy atom. The lowest BCUT2D eigenvalue weighted by Gasteiger charge is -2.36. The average molecular weight is 278 g/mol. The van der Waals surface area contributed by atoms with Crippen molar-refractivity contribution >= 4 is 32.6 Å². The van der Waals surface area contributed by atoms with Crippen molar-refractivity contribution in [1.82, 2.24) is 9.36 Å². The van der Waals surface area contributed by atoms with Gasteiger partial charge in [0.15, 0.2) is 0 Å². The first kappa shape index (κ1) is 10.3. The van der Waals surface area contributed by atoms with Gasteiger partial charge in [-0.2, -0.15) is 4.37 Å². The van der Waals surface area contributed by atoms with Gasteiger partial charge in [0.1, 0.15) is 6.33 Å². The van der Waals surface area contributed by atoms with Crippen LogP contribution < -0.4 is 4.90 Å². The molecule has 0 amide bonds. The van der Waals surface area contributed by atoms with Gasteiger partial charge < -0.3 is 9.64 Å². The lowest BCUT2D eigenvalue weighted by molar-refractivity contribution is 0.0380. The molecular formula is C8H12BrN3OS. The number of halogens is 1. The van der Waals surface area contributed by atoms with E-state index in [0.29, 0.717) is 6.04 Å². The van der Waals surface area contributed by atoms with Gasteiger partial charge in [-0.25, -0.2) is 4.98 Å². The highest BCUT2D eigenvalue weighted by Crippen LogP contribution is 2.22. The van der Waals surface area contributed by atoms with Gasteiger partial charge in [0.05, 0.1) is 18.8 Å². The SMILES string of the molecule is CC1COC(CBr)CN1c1ncns1. The Labute approximate surface area is 95.6 Å². The largest absolute Gasteiger partial charge is 0.373 e. The van der Waals surface area contributed by atoms with Crippen molar-refractivity contribution in [2.75, 3.05) is 23.4 Å². The second kappa shape index (κ2) is 4.55. The number of morpholine rings is 1. The van der Waals surface area contributed by atoms with Crippen molar-refractivity contribution in [3.63, 3.8) is 0 Å². The van der Waals surface area contributed by atoms with Crippen LogP contribution in [0.2, 0.25) is 0 Å². The smallest absolute Gasteiger partial charge is 0.205 e. The summed E-state index contributed by atoms with van der Waals surface area (Å²) in [6.07, 6.45) is 1.86. The van der Waals surface area contributed by atoms with Crippen LogP contribution in [0.3, 0.4) is 0 Å². The maximum absolute atomic E-state index is 5.64. The zero-order chi connectivity index (χ0) is 9.97. The van der Waals surface area contributed by atoms with Crippen LogP contribution in [0.15, 0.2) is 6.33 Å². The van der Waals surface area contributed by atoms with Gasteiger partial charge in [0, 0.05) is 23.4 Å². The number of hydrogen-bond acceptors (Lipinski definition) is 5. The lowest BCUT2D eigenvalue weighted by atomic mass is 10.2. The molecule has 0 bridgehead atoms. The molecule has 6 heteroatoms. The van der Waals surface area contributed by atoms with E-state index in [1.165, 1.54) is 11.5 Å². The minimum absolute atomic E-state index is 0.259. The van der Waals surface area contributed by atoms with Crippen LogP contribution in [0.1, 0.15) is 6.92 Å². The van der Waals surface area contributed by atoms with Crippen LogP contribution in [0.25, 0.3) is 0 Å². The Morgan fingerprint density at radius 3 is 3.29 bits per heavy atom. The summed E-state index contributed by atoms with van der Waals surface area (Å²) in [7, 11) is 0. The summed E-state index contributed by atoms with van der Waals surface area (Å²) >= 11 is 4.88. The number of aromatic nitrogens is 2. The number of alkyl halides is 1. The minimum Gasteiger partial charge on any atom is -0.373 e. The quantitative estimate of drug-likeness (QED) is 0.769. The molecule has 1 aromatic heterocycles. The van der Waals surface area contributed by atoms with Crippen molar-refractivity contribution in [3.05, 3.63) is 6.33 Å². The molecule has 1 aliphatic heterocycles. The van der Waals surface area contributed by atoms with Gasteiger partial charge in [-0.15, -0.1) is 0 Å². The molecule has 0 saturated carbocycles. The van der Waals surface area contributed by atoms with E-state index in [2.05, 4.69) is 37.1 Å². The molecular weight excluding hydrogens is 266 g/mol. The van der Waals surface area contributed by atoms with Gasteiger partial charge in [-0.1, -0.05) is 15.9 Å². The van der Waals surface area contributed by atoms with E-state index in [1.54, 1.807) is 6.33 Å². The van der Waals surface area contributed by atoms with Crippen LogP contribution in [-0.2, 0) is 4.74 Å². The maximum atomic E-state index is 5.64. The summed E-state index contributed by atoms with van der Waals surface area (Å²) < 4.78 is 9.65. The highest BCUT2D eigenvalue weighted by atomic mass is 79.9. The van der Waals surface area contributed by atoms with E-state index in [9.17, 15) is 0 Å². The van der Waals surface area contributed by atoms with Gasteiger partial charge in [-0.3, -0.25) is 0 Å². The molecule has 2 atom stereocenters. The predicted molar refractivity (Wildman–Crippen MR) is 60.3 cm³/mol. The number of anilines is 1.